The van der Waals surface area contributed by atoms with Crippen LogP contribution in [0.1, 0.15) is 24.3 Å². The van der Waals surface area contributed by atoms with Crippen LogP contribution in [-0.2, 0) is 9.53 Å². The van der Waals surface area contributed by atoms with Crippen LogP contribution in [-0.4, -0.2) is 59.0 Å². The molecule has 0 aromatic carbocycles. The van der Waals surface area contributed by atoms with Crippen LogP contribution >= 0.6 is 0 Å². The summed E-state index contributed by atoms with van der Waals surface area (Å²) in [4.78, 5) is 31.8. The van der Waals surface area contributed by atoms with E-state index in [0.29, 0.717) is 31.2 Å². The summed E-state index contributed by atoms with van der Waals surface area (Å²) in [7, 11) is 0. The second kappa shape index (κ2) is 6.51. The van der Waals surface area contributed by atoms with E-state index in [4.69, 9.17) is 4.74 Å². The van der Waals surface area contributed by atoms with E-state index in [-0.39, 0.29) is 24.5 Å². The molecule has 1 aliphatic heterocycles. The Morgan fingerprint density at radius 3 is 3.10 bits per heavy atom. The number of hydrogen-bond donors (Lipinski definition) is 2. The predicted molar refractivity (Wildman–Crippen MR) is 72.1 cm³/mol. The fraction of sp³-hybridized carbons (Fsp3) is 0.615. The van der Waals surface area contributed by atoms with E-state index in [1.165, 1.54) is 12.5 Å². The van der Waals surface area contributed by atoms with Crippen molar-refractivity contribution in [3.63, 3.8) is 0 Å². The van der Waals surface area contributed by atoms with Crippen LogP contribution in [0.4, 0.5) is 0 Å². The van der Waals surface area contributed by atoms with Gasteiger partial charge in [-0.1, -0.05) is 13.8 Å². The minimum absolute atomic E-state index is 0.00912. The zero-order chi connectivity index (χ0) is 14.5. The van der Waals surface area contributed by atoms with Gasteiger partial charge < -0.3 is 19.9 Å². The molecule has 0 radical (unpaired) electrons. The van der Waals surface area contributed by atoms with Gasteiger partial charge in [0, 0.05) is 19.6 Å². The number of morpholine rings is 1. The zero-order valence-corrected chi connectivity index (χ0v) is 11.8. The Balaban J connectivity index is 1.81. The first-order valence-corrected chi connectivity index (χ1v) is 6.72. The molecule has 1 aromatic rings. The van der Waals surface area contributed by atoms with Gasteiger partial charge in [0.15, 0.2) is 0 Å². The van der Waals surface area contributed by atoms with Crippen LogP contribution in [0.2, 0.25) is 0 Å². The number of nitrogens with zero attached hydrogens (tertiary/aromatic N) is 2. The highest BCUT2D eigenvalue weighted by atomic mass is 16.5. The summed E-state index contributed by atoms with van der Waals surface area (Å²) < 4.78 is 5.44. The van der Waals surface area contributed by atoms with E-state index < -0.39 is 0 Å². The Bertz CT molecular complexity index is 458. The molecule has 0 aliphatic carbocycles. The first-order chi connectivity index (χ1) is 9.56. The highest BCUT2D eigenvalue weighted by molar-refractivity contribution is 5.91. The lowest BCUT2D eigenvalue weighted by Crippen LogP contribution is -2.51. The summed E-state index contributed by atoms with van der Waals surface area (Å²) >= 11 is 0. The first-order valence-electron chi connectivity index (χ1n) is 6.72. The molecule has 20 heavy (non-hydrogen) atoms. The molecule has 7 heteroatoms. The number of nitrogens with one attached hydrogen (secondary N) is 2. The number of carbonyl (C=O) groups is 2. The minimum Gasteiger partial charge on any atom is -0.365 e. The van der Waals surface area contributed by atoms with Gasteiger partial charge in [-0.3, -0.25) is 9.59 Å². The van der Waals surface area contributed by atoms with E-state index in [2.05, 4.69) is 29.1 Å². The topological polar surface area (TPSA) is 87.3 Å². The maximum atomic E-state index is 11.8. The normalized spacial score (nSPS) is 19.4. The summed E-state index contributed by atoms with van der Waals surface area (Å²) in [5.41, 5.74) is 0.413. The second-order valence-electron chi connectivity index (χ2n) is 5.30. The molecule has 0 bridgehead atoms. The van der Waals surface area contributed by atoms with E-state index in [1.54, 1.807) is 4.90 Å². The highest BCUT2D eigenvalue weighted by Crippen LogP contribution is 2.09. The van der Waals surface area contributed by atoms with Gasteiger partial charge in [-0.15, -0.1) is 0 Å². The molecule has 2 amide bonds. The molecule has 1 atom stereocenters. The van der Waals surface area contributed by atoms with Crippen molar-refractivity contribution in [2.75, 3.05) is 26.2 Å². The van der Waals surface area contributed by atoms with E-state index in [9.17, 15) is 9.59 Å². The van der Waals surface area contributed by atoms with Crippen molar-refractivity contribution in [1.82, 2.24) is 20.2 Å². The van der Waals surface area contributed by atoms with Gasteiger partial charge in [-0.05, 0) is 5.92 Å². The number of aromatic amines is 1. The predicted octanol–water partition coefficient (Wildman–Crippen LogP) is 0.0229. The van der Waals surface area contributed by atoms with Crippen LogP contribution in [0.3, 0.4) is 0 Å². The molecule has 0 saturated carbocycles. The highest BCUT2D eigenvalue weighted by Gasteiger charge is 2.26. The van der Waals surface area contributed by atoms with Crippen molar-refractivity contribution in [1.29, 1.82) is 0 Å². The van der Waals surface area contributed by atoms with Crippen molar-refractivity contribution < 1.29 is 14.3 Å². The van der Waals surface area contributed by atoms with Gasteiger partial charge in [0.2, 0.25) is 5.91 Å². The molecule has 1 aliphatic rings. The van der Waals surface area contributed by atoms with Crippen molar-refractivity contribution in [3.05, 3.63) is 18.2 Å². The summed E-state index contributed by atoms with van der Waals surface area (Å²) in [6, 6.07) is 0. The van der Waals surface area contributed by atoms with Crippen LogP contribution in [0.25, 0.3) is 0 Å². The Morgan fingerprint density at radius 2 is 2.45 bits per heavy atom. The quantitative estimate of drug-likeness (QED) is 0.796. The van der Waals surface area contributed by atoms with Crippen molar-refractivity contribution in [3.8, 4) is 0 Å². The molecule has 1 saturated heterocycles. The lowest BCUT2D eigenvalue weighted by molar-refractivity contribution is -0.149. The fourth-order valence-corrected chi connectivity index (χ4v) is 2.10. The van der Waals surface area contributed by atoms with Crippen LogP contribution in [0, 0.1) is 5.92 Å². The molecule has 1 fully saturated rings. The summed E-state index contributed by atoms with van der Waals surface area (Å²) in [6.45, 7) is 5.82. The van der Waals surface area contributed by atoms with Crippen LogP contribution < -0.4 is 5.32 Å². The van der Waals surface area contributed by atoms with Gasteiger partial charge in [-0.25, -0.2) is 4.98 Å². The molecule has 2 heterocycles. The molecule has 7 nitrogen and oxygen atoms in total. The standard InChI is InChI=1S/C13H20N4O3/c1-9(2)5-17-6-10(20-7-12(17)18)3-15-13(19)11-4-14-8-16-11/h4,8-10H,3,5-7H2,1-2H3,(H,14,16)(H,15,19). The number of aromatic nitrogens is 2. The van der Waals surface area contributed by atoms with Crippen molar-refractivity contribution in [2.24, 2.45) is 5.92 Å². The van der Waals surface area contributed by atoms with E-state index >= 15 is 0 Å². The van der Waals surface area contributed by atoms with Gasteiger partial charge in [-0.2, -0.15) is 0 Å². The molecular weight excluding hydrogens is 260 g/mol. The Labute approximate surface area is 117 Å². The number of rotatable bonds is 5. The van der Waals surface area contributed by atoms with Gasteiger partial charge in [0.1, 0.15) is 12.3 Å². The lowest BCUT2D eigenvalue weighted by Gasteiger charge is -2.33. The SMILES string of the molecule is CC(C)CN1CC(CNC(=O)c2cnc[nH]2)OCC1=O. The monoisotopic (exact) mass is 280 g/mol. The third-order valence-electron chi connectivity index (χ3n) is 3.04. The fourth-order valence-electron chi connectivity index (χ4n) is 2.10. The largest absolute Gasteiger partial charge is 0.365 e. The third-order valence-corrected chi connectivity index (χ3v) is 3.04. The van der Waals surface area contributed by atoms with Gasteiger partial charge >= 0.3 is 0 Å². The smallest absolute Gasteiger partial charge is 0.269 e. The second-order valence-corrected chi connectivity index (χ2v) is 5.30. The zero-order valence-electron chi connectivity index (χ0n) is 11.8. The van der Waals surface area contributed by atoms with Crippen LogP contribution in [0.15, 0.2) is 12.5 Å². The maximum Gasteiger partial charge on any atom is 0.269 e. The molecule has 1 unspecified atom stereocenters. The summed E-state index contributed by atoms with van der Waals surface area (Å²) in [5, 5.41) is 2.77. The maximum absolute atomic E-state index is 11.8. The van der Waals surface area contributed by atoms with Gasteiger partial charge in [0.05, 0.1) is 18.6 Å². The molecule has 0 spiro atoms. The van der Waals surface area contributed by atoms with E-state index in [1.807, 2.05) is 0 Å². The van der Waals surface area contributed by atoms with Crippen molar-refractivity contribution >= 4 is 11.8 Å². The number of carbonyl (C=O) groups excluding carboxylic acids is 2. The molecule has 1 aromatic heterocycles. The molecule has 110 valence electrons. The number of hydrogen-bond acceptors (Lipinski definition) is 4. The number of imidazole rings is 1. The number of amides is 2. The van der Waals surface area contributed by atoms with Crippen molar-refractivity contribution in [2.45, 2.75) is 20.0 Å². The Morgan fingerprint density at radius 1 is 1.65 bits per heavy atom. The third kappa shape index (κ3) is 3.80. The lowest BCUT2D eigenvalue weighted by atomic mass is 10.1. The van der Waals surface area contributed by atoms with Crippen LogP contribution in [0.5, 0.6) is 0 Å². The summed E-state index contributed by atoms with van der Waals surface area (Å²) in [5.74, 6) is 0.200. The first kappa shape index (κ1) is 14.5. The number of ether oxygens (including phenoxy) is 1. The average molecular weight is 280 g/mol. The molecule has 2 rings (SSSR count). The average Bonchev–Trinajstić information content (AvgIpc) is 2.92. The molecular formula is C13H20N4O3. The molecule has 2 N–H and O–H groups in total. The van der Waals surface area contributed by atoms with Gasteiger partial charge in [0.25, 0.3) is 5.91 Å². The number of H-pyrrole nitrogens is 1. The minimum atomic E-state index is -0.224. The Kier molecular flexibility index (Phi) is 4.73. The van der Waals surface area contributed by atoms with E-state index in [0.717, 1.165) is 0 Å². The summed E-state index contributed by atoms with van der Waals surface area (Å²) in [6.07, 6.45) is 2.75. The Hall–Kier alpha value is -1.89.